The van der Waals surface area contributed by atoms with Gasteiger partial charge in [-0.3, -0.25) is 0 Å². The molecule has 0 radical (unpaired) electrons. The summed E-state index contributed by atoms with van der Waals surface area (Å²) in [5.41, 5.74) is 0. The van der Waals surface area contributed by atoms with Gasteiger partial charge in [0.25, 0.3) is 0 Å². The van der Waals surface area contributed by atoms with Crippen LogP contribution in [0.15, 0.2) is 24.3 Å². The van der Waals surface area contributed by atoms with Crippen LogP contribution < -0.4 is 4.74 Å². The van der Waals surface area contributed by atoms with Crippen molar-refractivity contribution in [3.05, 3.63) is 29.3 Å². The van der Waals surface area contributed by atoms with E-state index in [4.69, 9.17) is 16.3 Å². The van der Waals surface area contributed by atoms with Crippen LogP contribution in [0.4, 0.5) is 0 Å². The Morgan fingerprint density at radius 1 is 1.07 bits per heavy atom. The summed E-state index contributed by atoms with van der Waals surface area (Å²) < 4.78 is 5.57. The van der Waals surface area contributed by atoms with Gasteiger partial charge in [0.05, 0.1) is 11.6 Å². The fourth-order valence-corrected chi connectivity index (χ4v) is 1.73. The van der Waals surface area contributed by atoms with E-state index in [-0.39, 0.29) is 0 Å². The Kier molecular flexibility index (Phi) is 6.69. The van der Waals surface area contributed by atoms with Crippen LogP contribution in [0.25, 0.3) is 0 Å². The molecule has 3 heteroatoms. The summed E-state index contributed by atoms with van der Waals surface area (Å²) in [5.74, 6) is 1.76. The number of rotatable bonds is 7. The van der Waals surface area contributed by atoms with Crippen molar-refractivity contribution in [2.24, 2.45) is 0 Å². The summed E-state index contributed by atoms with van der Waals surface area (Å²) in [4.78, 5) is 0. The molecule has 0 bridgehead atoms. The zero-order valence-electron chi connectivity index (χ0n) is 8.79. The molecule has 0 unspecified atom stereocenters. The summed E-state index contributed by atoms with van der Waals surface area (Å²) in [6.45, 7) is 0.746. The molecule has 15 heavy (non-hydrogen) atoms. The Morgan fingerprint density at radius 3 is 2.53 bits per heavy atom. The summed E-state index contributed by atoms with van der Waals surface area (Å²) in [6, 6.07) is 7.58. The second-order valence-corrected chi connectivity index (χ2v) is 4.27. The van der Waals surface area contributed by atoms with Gasteiger partial charge >= 0.3 is 0 Å². The minimum absolute atomic E-state index is 0.688. The quantitative estimate of drug-likeness (QED) is 0.559. The molecular formula is C12H17ClOS. The Bertz CT molecular complexity index is 278. The first-order chi connectivity index (χ1) is 7.34. The molecule has 0 amide bonds. The van der Waals surface area contributed by atoms with Crippen molar-refractivity contribution < 1.29 is 4.74 Å². The zero-order chi connectivity index (χ0) is 10.9. The smallest absolute Gasteiger partial charge is 0.137 e. The highest BCUT2D eigenvalue weighted by molar-refractivity contribution is 7.80. The van der Waals surface area contributed by atoms with Crippen molar-refractivity contribution in [1.29, 1.82) is 0 Å². The van der Waals surface area contributed by atoms with E-state index in [0.29, 0.717) is 5.02 Å². The molecule has 1 aromatic rings. The number of benzene rings is 1. The van der Waals surface area contributed by atoms with Crippen LogP contribution in [0, 0.1) is 0 Å². The number of para-hydroxylation sites is 1. The van der Waals surface area contributed by atoms with Crippen molar-refractivity contribution in [1.82, 2.24) is 0 Å². The van der Waals surface area contributed by atoms with Crippen LogP contribution in [-0.2, 0) is 0 Å². The van der Waals surface area contributed by atoms with Gasteiger partial charge in [0.2, 0.25) is 0 Å². The Labute approximate surface area is 102 Å². The van der Waals surface area contributed by atoms with Gasteiger partial charge in [0.1, 0.15) is 5.75 Å². The molecule has 0 spiro atoms. The summed E-state index contributed by atoms with van der Waals surface area (Å²) >= 11 is 10.1. The fraction of sp³-hybridized carbons (Fsp3) is 0.500. The number of hydrogen-bond acceptors (Lipinski definition) is 2. The van der Waals surface area contributed by atoms with E-state index in [2.05, 4.69) is 12.6 Å². The summed E-state index contributed by atoms with van der Waals surface area (Å²) in [5, 5.41) is 0.688. The molecule has 0 aliphatic carbocycles. The molecule has 0 saturated carbocycles. The molecule has 0 aromatic heterocycles. The Hall–Kier alpha value is -0.340. The maximum Gasteiger partial charge on any atom is 0.137 e. The van der Waals surface area contributed by atoms with E-state index in [9.17, 15) is 0 Å². The van der Waals surface area contributed by atoms with Gasteiger partial charge in [0.15, 0.2) is 0 Å². The minimum atomic E-state index is 0.688. The lowest BCUT2D eigenvalue weighted by molar-refractivity contribution is 0.305. The van der Waals surface area contributed by atoms with Crippen molar-refractivity contribution >= 4 is 24.2 Å². The van der Waals surface area contributed by atoms with Crippen LogP contribution >= 0.6 is 24.2 Å². The molecule has 0 atom stereocenters. The predicted octanol–water partition coefficient (Wildman–Crippen LogP) is 4.21. The van der Waals surface area contributed by atoms with Gasteiger partial charge < -0.3 is 4.74 Å². The molecule has 1 nitrogen and oxygen atoms in total. The molecule has 0 fully saturated rings. The maximum atomic E-state index is 5.95. The van der Waals surface area contributed by atoms with Crippen LogP contribution in [0.5, 0.6) is 5.75 Å². The normalized spacial score (nSPS) is 10.3. The van der Waals surface area contributed by atoms with Crippen molar-refractivity contribution in [3.63, 3.8) is 0 Å². The molecule has 1 aromatic carbocycles. The fourth-order valence-electron chi connectivity index (χ4n) is 1.31. The SMILES string of the molecule is SCCCCCCOc1ccccc1Cl. The molecule has 0 aliphatic rings. The second kappa shape index (κ2) is 7.89. The highest BCUT2D eigenvalue weighted by Gasteiger charge is 1.98. The number of halogens is 1. The average molecular weight is 245 g/mol. The van der Waals surface area contributed by atoms with Gasteiger partial charge in [-0.2, -0.15) is 12.6 Å². The minimum Gasteiger partial charge on any atom is -0.492 e. The van der Waals surface area contributed by atoms with Crippen LogP contribution in [0.3, 0.4) is 0 Å². The molecule has 0 heterocycles. The third kappa shape index (κ3) is 5.33. The number of hydrogen-bond donors (Lipinski definition) is 1. The number of thiol groups is 1. The Morgan fingerprint density at radius 2 is 1.80 bits per heavy atom. The van der Waals surface area contributed by atoms with E-state index >= 15 is 0 Å². The lowest BCUT2D eigenvalue weighted by Gasteiger charge is -2.07. The molecular weight excluding hydrogens is 228 g/mol. The molecule has 84 valence electrons. The second-order valence-electron chi connectivity index (χ2n) is 3.42. The van der Waals surface area contributed by atoms with Gasteiger partial charge in [-0.15, -0.1) is 0 Å². The lowest BCUT2D eigenvalue weighted by atomic mass is 10.2. The maximum absolute atomic E-state index is 5.95. The Balaban J connectivity index is 2.12. The predicted molar refractivity (Wildman–Crippen MR) is 69.3 cm³/mol. The monoisotopic (exact) mass is 244 g/mol. The van der Waals surface area contributed by atoms with Crippen molar-refractivity contribution in [2.75, 3.05) is 12.4 Å². The largest absolute Gasteiger partial charge is 0.492 e. The standard InChI is InChI=1S/C12H17ClOS/c13-11-7-3-4-8-12(11)14-9-5-1-2-6-10-15/h3-4,7-8,15H,1-2,5-6,9-10H2. The molecule has 1 rings (SSSR count). The highest BCUT2D eigenvalue weighted by atomic mass is 35.5. The topological polar surface area (TPSA) is 9.23 Å². The number of ether oxygens (including phenoxy) is 1. The van der Waals surface area contributed by atoms with E-state index in [1.54, 1.807) is 0 Å². The lowest BCUT2D eigenvalue weighted by Crippen LogP contribution is -1.97. The van der Waals surface area contributed by atoms with Crippen LogP contribution in [0.2, 0.25) is 5.02 Å². The third-order valence-electron chi connectivity index (χ3n) is 2.15. The van der Waals surface area contributed by atoms with Gasteiger partial charge in [0, 0.05) is 0 Å². The van der Waals surface area contributed by atoms with E-state index < -0.39 is 0 Å². The highest BCUT2D eigenvalue weighted by Crippen LogP contribution is 2.23. The first kappa shape index (κ1) is 12.7. The van der Waals surface area contributed by atoms with Crippen LogP contribution in [0.1, 0.15) is 25.7 Å². The summed E-state index contributed by atoms with van der Waals surface area (Å²) in [7, 11) is 0. The zero-order valence-corrected chi connectivity index (χ0v) is 10.4. The first-order valence-electron chi connectivity index (χ1n) is 5.33. The van der Waals surface area contributed by atoms with Crippen molar-refractivity contribution in [3.8, 4) is 5.75 Å². The van der Waals surface area contributed by atoms with Crippen molar-refractivity contribution in [2.45, 2.75) is 25.7 Å². The van der Waals surface area contributed by atoms with E-state index in [0.717, 1.165) is 24.5 Å². The molecule has 0 saturated heterocycles. The molecule has 0 N–H and O–H groups in total. The van der Waals surface area contributed by atoms with Gasteiger partial charge in [-0.1, -0.05) is 36.6 Å². The van der Waals surface area contributed by atoms with Crippen LogP contribution in [-0.4, -0.2) is 12.4 Å². The summed E-state index contributed by atoms with van der Waals surface area (Å²) in [6.07, 6.45) is 4.70. The van der Waals surface area contributed by atoms with Gasteiger partial charge in [-0.25, -0.2) is 0 Å². The van der Waals surface area contributed by atoms with Gasteiger partial charge in [-0.05, 0) is 30.7 Å². The average Bonchev–Trinajstić information content (AvgIpc) is 2.25. The first-order valence-corrected chi connectivity index (χ1v) is 6.34. The van der Waals surface area contributed by atoms with E-state index in [1.807, 2.05) is 24.3 Å². The molecule has 0 aliphatic heterocycles. The third-order valence-corrected chi connectivity index (χ3v) is 2.78. The number of unbranched alkanes of at least 4 members (excludes halogenated alkanes) is 3. The van der Waals surface area contributed by atoms with E-state index in [1.165, 1.54) is 19.3 Å².